The summed E-state index contributed by atoms with van der Waals surface area (Å²) in [6.07, 6.45) is 0. The largest absolute Gasteiger partial charge is 0.479 e. The molecule has 0 aliphatic heterocycles. The molecule has 1 atom stereocenters. The number of halogens is 3. The summed E-state index contributed by atoms with van der Waals surface area (Å²) in [5.74, 6) is -1.33. The Morgan fingerprint density at radius 2 is 2.25 bits per heavy atom. The number of hydrogen-bond acceptors (Lipinski definition) is 1. The summed E-state index contributed by atoms with van der Waals surface area (Å²) in [5, 5.41) is 8.18. The molecule has 0 aromatic rings. The average molecular weight is 222 g/mol. The Balaban J connectivity index is 3.91. The van der Waals surface area contributed by atoms with E-state index in [4.69, 9.17) is 28.3 Å². The van der Waals surface area contributed by atoms with Gasteiger partial charge in [0.25, 0.3) is 0 Å². The average Bonchev–Trinajstić information content (AvgIpc) is 1.67. The van der Waals surface area contributed by atoms with E-state index in [1.54, 1.807) is 0 Å². The Labute approximate surface area is 64.9 Å². The second-order valence-electron chi connectivity index (χ2n) is 1.14. The van der Waals surface area contributed by atoms with E-state index in [1.165, 1.54) is 0 Å². The molecule has 0 amide bonds. The van der Waals surface area contributed by atoms with Crippen LogP contribution in [0.25, 0.3) is 0 Å². The lowest BCUT2D eigenvalue weighted by Crippen LogP contribution is -2.26. The molecular weight excluding hydrogens is 219 g/mol. The van der Waals surface area contributed by atoms with Crippen molar-refractivity contribution in [3.63, 3.8) is 0 Å². The molecule has 0 aliphatic rings. The van der Waals surface area contributed by atoms with Crippen LogP contribution in [0.1, 0.15) is 0 Å². The zero-order valence-corrected chi connectivity index (χ0v) is 6.79. The van der Waals surface area contributed by atoms with E-state index in [-0.39, 0.29) is 5.88 Å². The summed E-state index contributed by atoms with van der Waals surface area (Å²) in [5.41, 5.74) is 0. The fourth-order valence-electron chi connectivity index (χ4n) is 0.0572. The number of carbonyl (C=O) groups is 1. The first-order valence-electron chi connectivity index (χ1n) is 1.68. The molecule has 0 saturated carbocycles. The van der Waals surface area contributed by atoms with Crippen LogP contribution in [0.4, 0.5) is 0 Å². The molecule has 0 aromatic carbocycles. The molecule has 1 unspecified atom stereocenters. The van der Waals surface area contributed by atoms with Crippen molar-refractivity contribution in [2.45, 2.75) is 3.78 Å². The van der Waals surface area contributed by atoms with Crippen LogP contribution in [0.5, 0.6) is 0 Å². The lowest BCUT2D eigenvalue weighted by atomic mass is 10.5. The van der Waals surface area contributed by atoms with Gasteiger partial charge in [-0.1, -0.05) is 27.5 Å². The fourth-order valence-corrected chi connectivity index (χ4v) is 0.171. The van der Waals surface area contributed by atoms with Crippen molar-refractivity contribution in [1.82, 2.24) is 0 Å². The van der Waals surface area contributed by atoms with Crippen LogP contribution >= 0.6 is 39.1 Å². The first-order chi connectivity index (χ1) is 3.50. The zero-order chi connectivity index (χ0) is 6.78. The minimum Gasteiger partial charge on any atom is -0.479 e. The quantitative estimate of drug-likeness (QED) is 0.721. The van der Waals surface area contributed by atoms with Gasteiger partial charge in [0.1, 0.15) is 0 Å². The Kier molecular flexibility index (Phi) is 3.09. The van der Waals surface area contributed by atoms with Crippen molar-refractivity contribution >= 4 is 45.1 Å². The third-order valence-electron chi connectivity index (χ3n) is 0.481. The van der Waals surface area contributed by atoms with E-state index >= 15 is 0 Å². The van der Waals surface area contributed by atoms with Gasteiger partial charge in [0.15, 0.2) is 0 Å². The van der Waals surface area contributed by atoms with Gasteiger partial charge < -0.3 is 5.11 Å². The zero-order valence-electron chi connectivity index (χ0n) is 3.70. The van der Waals surface area contributed by atoms with E-state index in [2.05, 4.69) is 15.9 Å². The van der Waals surface area contributed by atoms with Crippen LogP contribution in [-0.2, 0) is 4.79 Å². The molecule has 1 N–H and O–H groups in total. The van der Waals surface area contributed by atoms with Crippen LogP contribution < -0.4 is 0 Å². The summed E-state index contributed by atoms with van der Waals surface area (Å²) < 4.78 is -1.49. The minimum absolute atomic E-state index is 0.163. The highest BCUT2D eigenvalue weighted by molar-refractivity contribution is 9.10. The molecule has 0 aromatic heterocycles. The van der Waals surface area contributed by atoms with Gasteiger partial charge in [0.2, 0.25) is 3.78 Å². The van der Waals surface area contributed by atoms with Crippen LogP contribution in [0.2, 0.25) is 0 Å². The maximum atomic E-state index is 9.99. The normalized spacial score (nSPS) is 17.4. The first kappa shape index (κ1) is 8.53. The van der Waals surface area contributed by atoms with E-state index in [9.17, 15) is 4.79 Å². The van der Waals surface area contributed by atoms with E-state index in [0.29, 0.717) is 0 Å². The Morgan fingerprint density at radius 3 is 2.25 bits per heavy atom. The van der Waals surface area contributed by atoms with Gasteiger partial charge in [0.05, 0.1) is 5.88 Å². The maximum absolute atomic E-state index is 9.99. The number of carboxylic acids is 1. The van der Waals surface area contributed by atoms with E-state index < -0.39 is 9.75 Å². The third kappa shape index (κ3) is 2.20. The summed E-state index contributed by atoms with van der Waals surface area (Å²) in [6, 6.07) is 0. The van der Waals surface area contributed by atoms with E-state index in [0.717, 1.165) is 0 Å². The molecule has 0 saturated heterocycles. The number of hydrogen-bond donors (Lipinski definition) is 1. The number of rotatable bonds is 2. The topological polar surface area (TPSA) is 37.3 Å². The molecule has 48 valence electrons. The fraction of sp³-hybridized carbons (Fsp3) is 0.667. The Hall–Kier alpha value is 0.530. The van der Waals surface area contributed by atoms with Crippen LogP contribution in [0, 0.1) is 0 Å². The molecule has 0 heterocycles. The maximum Gasteiger partial charge on any atom is 0.337 e. The van der Waals surface area contributed by atoms with Crippen molar-refractivity contribution in [3.05, 3.63) is 0 Å². The standard InChI is InChI=1S/C3H3BrCl2O2/c4-3(6,1-5)2(7)8/h1H2,(H,7,8). The molecule has 0 bridgehead atoms. The van der Waals surface area contributed by atoms with Crippen molar-refractivity contribution in [3.8, 4) is 0 Å². The van der Waals surface area contributed by atoms with Gasteiger partial charge in [-0.25, -0.2) is 4.79 Å². The van der Waals surface area contributed by atoms with Crippen molar-refractivity contribution < 1.29 is 9.90 Å². The van der Waals surface area contributed by atoms with Gasteiger partial charge in [-0.3, -0.25) is 0 Å². The van der Waals surface area contributed by atoms with Gasteiger partial charge in [-0.15, -0.1) is 11.6 Å². The second-order valence-corrected chi connectivity index (χ2v) is 3.87. The highest BCUT2D eigenvalue weighted by atomic mass is 79.9. The molecular formula is C3H3BrCl2O2. The van der Waals surface area contributed by atoms with Crippen LogP contribution in [0.15, 0.2) is 0 Å². The van der Waals surface area contributed by atoms with Crippen molar-refractivity contribution in [1.29, 1.82) is 0 Å². The lowest BCUT2D eigenvalue weighted by molar-refractivity contribution is -0.136. The van der Waals surface area contributed by atoms with Crippen LogP contribution in [-0.4, -0.2) is 20.7 Å². The third-order valence-corrected chi connectivity index (χ3v) is 2.26. The molecule has 0 aliphatic carbocycles. The molecule has 2 nitrogen and oxygen atoms in total. The summed E-state index contributed by atoms with van der Waals surface area (Å²) in [4.78, 5) is 9.99. The van der Waals surface area contributed by atoms with Gasteiger partial charge >= 0.3 is 5.97 Å². The second kappa shape index (κ2) is 2.90. The molecule has 0 fully saturated rings. The van der Waals surface area contributed by atoms with Crippen molar-refractivity contribution in [2.75, 3.05) is 5.88 Å². The highest BCUT2D eigenvalue weighted by Gasteiger charge is 2.31. The number of alkyl halides is 3. The predicted octanol–water partition coefficient (Wildman–Crippen LogP) is 1.64. The molecule has 0 rings (SSSR count). The molecule has 5 heteroatoms. The number of aliphatic carboxylic acids is 1. The van der Waals surface area contributed by atoms with Crippen molar-refractivity contribution in [2.24, 2.45) is 0 Å². The minimum atomic E-state index is -1.49. The summed E-state index contributed by atoms with van der Waals surface area (Å²) >= 11 is 13.0. The Bertz CT molecular complexity index is 103. The van der Waals surface area contributed by atoms with E-state index in [1.807, 2.05) is 0 Å². The molecule has 0 radical (unpaired) electrons. The summed E-state index contributed by atoms with van der Waals surface area (Å²) in [6.45, 7) is 0. The monoisotopic (exact) mass is 220 g/mol. The van der Waals surface area contributed by atoms with Gasteiger partial charge in [0, 0.05) is 0 Å². The summed E-state index contributed by atoms with van der Waals surface area (Å²) in [7, 11) is 0. The SMILES string of the molecule is O=C(O)C(Cl)(Br)CCl. The number of carboxylic acid groups (broad SMARTS) is 1. The van der Waals surface area contributed by atoms with Gasteiger partial charge in [-0.2, -0.15) is 0 Å². The molecule has 0 spiro atoms. The predicted molar refractivity (Wildman–Crippen MR) is 35.9 cm³/mol. The Morgan fingerprint density at radius 1 is 1.88 bits per heavy atom. The smallest absolute Gasteiger partial charge is 0.337 e. The first-order valence-corrected chi connectivity index (χ1v) is 3.38. The highest BCUT2D eigenvalue weighted by Crippen LogP contribution is 2.24. The van der Waals surface area contributed by atoms with Gasteiger partial charge in [-0.05, 0) is 0 Å². The molecule has 8 heavy (non-hydrogen) atoms. The van der Waals surface area contributed by atoms with Crippen LogP contribution in [0.3, 0.4) is 0 Å². The lowest BCUT2D eigenvalue weighted by Gasteiger charge is -2.07.